The smallest absolute Gasteiger partial charge is 0.335 e. The molecule has 0 atom stereocenters. The van der Waals surface area contributed by atoms with E-state index in [1.54, 1.807) is 77.0 Å². The first-order valence-electron chi connectivity index (χ1n) is 29.3. The molecule has 0 spiro atoms. The maximum Gasteiger partial charge on any atom is 0.335 e. The number of benzene rings is 8. The largest absolute Gasteiger partial charge is 0.497 e. The average molecular weight is 1210 g/mol. The van der Waals surface area contributed by atoms with E-state index in [1.165, 1.54) is 0 Å². The van der Waals surface area contributed by atoms with Crippen LogP contribution in [-0.4, -0.2) is 70.5 Å². The molecule has 3 aromatic heterocycles. The van der Waals surface area contributed by atoms with Gasteiger partial charge in [0.05, 0.1) is 84.5 Å². The number of nitrogens with zero attached hydrogens (tertiary/aromatic N) is 4. The van der Waals surface area contributed by atoms with Crippen molar-refractivity contribution in [2.75, 3.05) is 38.2 Å². The Balaban J connectivity index is 0.980. The Labute approximate surface area is 530 Å². The third-order valence-electron chi connectivity index (χ3n) is 15.8. The number of fused-ring (bicyclic) bond motifs is 8. The minimum atomic E-state index is -1.04. The van der Waals surface area contributed by atoms with Crippen molar-refractivity contribution in [3.05, 3.63) is 275 Å². The van der Waals surface area contributed by atoms with Crippen LogP contribution in [0, 0.1) is 23.7 Å². The molecule has 13 rings (SSSR count). The molecule has 2 aliphatic heterocycles. The molecule has 8 aromatic carbocycles. The highest BCUT2D eigenvalue weighted by Gasteiger charge is 2.20. The lowest BCUT2D eigenvalue weighted by molar-refractivity contribution is 0.0686. The number of methoxy groups -OCH3 is 4. The molecule has 0 fully saturated rings. The van der Waals surface area contributed by atoms with Gasteiger partial charge in [0, 0.05) is 67.4 Å². The number of aromatic amines is 2. The summed E-state index contributed by atoms with van der Waals surface area (Å²) in [5, 5.41) is 20.0. The number of aromatic nitrogens is 4. The predicted molar refractivity (Wildman–Crippen MR) is 364 cm³/mol. The lowest BCUT2D eigenvalue weighted by Crippen LogP contribution is -2.09. The first-order valence-corrected chi connectivity index (χ1v) is 29.3. The van der Waals surface area contributed by atoms with Gasteiger partial charge in [-0.2, -0.15) is 0 Å². The summed E-state index contributed by atoms with van der Waals surface area (Å²) in [6, 6.07) is 68.9. The van der Waals surface area contributed by atoms with E-state index in [9.17, 15) is 19.8 Å². The molecule has 11 aromatic rings. The van der Waals surface area contributed by atoms with Gasteiger partial charge in [-0.3, -0.25) is 0 Å². The SMILES string of the molecule is COc1ccc(N(c2ccc(C#Cc3c4nc(c(-c5ccc(C(=O)O)cc5)c5ccc([nH]5)c(C#Cc5ccc(N(c6ccc(OC)cc6)c6ccc(OC)cc6)cc5)c5nc(c(-c6ccc(C(=O)O)cc6)c6ccc3[nH]6)C=C5)C=C4)cc2)c2ccc(OC)cc2)cc1. The summed E-state index contributed by atoms with van der Waals surface area (Å²) in [7, 11) is 6.58. The molecule has 4 N–H and O–H groups in total. The molecular formula is C78H56N6O8. The number of hydrogen-bond donors (Lipinski definition) is 4. The van der Waals surface area contributed by atoms with E-state index >= 15 is 0 Å². The van der Waals surface area contributed by atoms with Gasteiger partial charge >= 0.3 is 11.9 Å². The van der Waals surface area contributed by atoms with Crippen molar-refractivity contribution in [3.8, 4) is 68.9 Å². The minimum Gasteiger partial charge on any atom is -0.497 e. The highest BCUT2D eigenvalue weighted by molar-refractivity contribution is 5.97. The van der Waals surface area contributed by atoms with Gasteiger partial charge in [0.15, 0.2) is 0 Å². The summed E-state index contributed by atoms with van der Waals surface area (Å²) in [5.41, 5.74) is 16.3. The number of nitrogens with one attached hydrogen (secondary N) is 2. The van der Waals surface area contributed by atoms with Gasteiger partial charge in [-0.05, 0) is 230 Å². The van der Waals surface area contributed by atoms with Crippen LogP contribution >= 0.6 is 0 Å². The zero-order valence-electron chi connectivity index (χ0n) is 50.2. The van der Waals surface area contributed by atoms with Crippen molar-refractivity contribution >= 4 is 92.4 Å². The van der Waals surface area contributed by atoms with Gasteiger partial charge in [-0.1, -0.05) is 47.9 Å². The topological polar surface area (TPSA) is 175 Å². The Hall–Kier alpha value is -12.8. The Kier molecular flexibility index (Phi) is 16.2. The van der Waals surface area contributed by atoms with Crippen LogP contribution in [0.5, 0.6) is 23.0 Å². The Morgan fingerprint density at radius 2 is 0.609 bits per heavy atom. The molecule has 0 saturated carbocycles. The number of carbonyl (C=O) groups is 2. The minimum absolute atomic E-state index is 0.140. The molecule has 0 aliphatic carbocycles. The molecular weight excluding hydrogens is 1150 g/mol. The number of carboxylic acids is 2. The van der Waals surface area contributed by atoms with E-state index in [4.69, 9.17) is 28.9 Å². The lowest BCUT2D eigenvalue weighted by Gasteiger charge is -2.25. The Bertz CT molecular complexity index is 4580. The van der Waals surface area contributed by atoms with Crippen LogP contribution in [0.3, 0.4) is 0 Å². The molecule has 0 radical (unpaired) electrons. The first kappa shape index (κ1) is 58.2. The van der Waals surface area contributed by atoms with Crippen LogP contribution in [0.15, 0.2) is 218 Å². The van der Waals surface area contributed by atoms with Crippen LogP contribution in [0.1, 0.15) is 65.7 Å². The number of carboxylic acid groups (broad SMARTS) is 2. The third-order valence-corrected chi connectivity index (χ3v) is 15.8. The standard InChI is InChI=1S/C78H56N6O8/c1-89-61-31-23-57(24-32-61)83(58-25-33-62(90-2)34-26-58)55-19-5-49(6-20-55)9-39-65-67-41-45-71(79-67)75(51-11-15-53(16-12-51)77(85)86)73-47-43-69(81-73)66(70-44-48-74(82-70)76(72-46-42-68(65)80-72)52-13-17-54(18-14-52)78(87)88)40-10-50-7-21-56(22-8-50)84(59-27-35-63(91-3)36-28-59)60-29-37-64(92-4)38-30-60/h5-8,11-38,41-48,79,82H,1-4H3,(H,85,86)(H,87,88). The Morgan fingerprint density at radius 3 is 0.891 bits per heavy atom. The van der Waals surface area contributed by atoms with E-state index in [0.717, 1.165) is 79.4 Å². The number of aromatic carboxylic acids is 2. The van der Waals surface area contributed by atoms with Gasteiger partial charge in [-0.15, -0.1) is 0 Å². The quantitative estimate of drug-likeness (QED) is 0.0760. The second-order valence-corrected chi connectivity index (χ2v) is 21.3. The summed E-state index contributed by atoms with van der Waals surface area (Å²) >= 11 is 0. The van der Waals surface area contributed by atoms with Crippen LogP contribution < -0.4 is 28.7 Å². The van der Waals surface area contributed by atoms with Gasteiger partial charge in [0.2, 0.25) is 0 Å². The van der Waals surface area contributed by atoms with Crippen LogP contribution in [-0.2, 0) is 0 Å². The molecule has 2 aliphatic rings. The molecule has 0 unspecified atom stereocenters. The number of anilines is 6. The monoisotopic (exact) mass is 1200 g/mol. The van der Waals surface area contributed by atoms with E-state index in [2.05, 4.69) is 43.4 Å². The fourth-order valence-electron chi connectivity index (χ4n) is 11.1. The first-order chi connectivity index (χ1) is 45.0. The summed E-state index contributed by atoms with van der Waals surface area (Å²) in [4.78, 5) is 46.8. The summed E-state index contributed by atoms with van der Waals surface area (Å²) < 4.78 is 21.9. The van der Waals surface area contributed by atoms with Crippen molar-refractivity contribution in [2.45, 2.75) is 0 Å². The van der Waals surface area contributed by atoms with Crippen LogP contribution in [0.2, 0.25) is 0 Å². The van der Waals surface area contributed by atoms with Crippen molar-refractivity contribution < 1.29 is 38.7 Å². The molecule has 446 valence electrons. The average Bonchev–Trinajstić information content (AvgIpc) is 1.94. The summed E-state index contributed by atoms with van der Waals surface area (Å²) in [6.45, 7) is 0. The normalized spacial score (nSPS) is 11.2. The second kappa shape index (κ2) is 25.5. The number of H-pyrrole nitrogens is 2. The molecule has 0 amide bonds. The highest BCUT2D eigenvalue weighted by Crippen LogP contribution is 2.40. The van der Waals surface area contributed by atoms with Gasteiger partial charge in [0.1, 0.15) is 23.0 Å². The summed E-state index contributed by atoms with van der Waals surface area (Å²) in [5.74, 6) is 14.8. The number of hydrogen-bond acceptors (Lipinski definition) is 10. The number of ether oxygens (including phenoxy) is 4. The zero-order chi connectivity index (χ0) is 63.2. The Morgan fingerprint density at radius 1 is 0.337 bits per heavy atom. The second-order valence-electron chi connectivity index (χ2n) is 21.3. The third kappa shape index (κ3) is 12.0. The van der Waals surface area contributed by atoms with Crippen LogP contribution in [0.4, 0.5) is 34.1 Å². The van der Waals surface area contributed by atoms with Crippen LogP contribution in [0.25, 0.3) is 68.6 Å². The van der Waals surface area contributed by atoms with Gasteiger partial charge < -0.3 is 48.9 Å². The van der Waals surface area contributed by atoms with E-state index in [0.29, 0.717) is 67.1 Å². The van der Waals surface area contributed by atoms with Crippen molar-refractivity contribution in [3.63, 3.8) is 0 Å². The lowest BCUT2D eigenvalue weighted by atomic mass is 10.0. The fraction of sp³-hybridized carbons (Fsp3) is 0.0513. The van der Waals surface area contributed by atoms with Crippen molar-refractivity contribution in [2.24, 2.45) is 0 Å². The molecule has 8 bridgehead atoms. The van der Waals surface area contributed by atoms with E-state index in [1.807, 2.05) is 194 Å². The molecule has 14 nitrogen and oxygen atoms in total. The predicted octanol–water partition coefficient (Wildman–Crippen LogP) is 17.2. The van der Waals surface area contributed by atoms with E-state index in [-0.39, 0.29) is 11.1 Å². The molecule has 92 heavy (non-hydrogen) atoms. The van der Waals surface area contributed by atoms with Gasteiger partial charge in [0.25, 0.3) is 0 Å². The number of rotatable bonds is 14. The van der Waals surface area contributed by atoms with E-state index < -0.39 is 11.9 Å². The molecule has 14 heteroatoms. The zero-order valence-corrected chi connectivity index (χ0v) is 50.2. The molecule has 0 saturated heterocycles. The highest BCUT2D eigenvalue weighted by atomic mass is 16.5. The van der Waals surface area contributed by atoms with Gasteiger partial charge in [-0.25, -0.2) is 19.6 Å². The van der Waals surface area contributed by atoms with Crippen molar-refractivity contribution in [1.29, 1.82) is 0 Å². The maximum atomic E-state index is 12.2. The maximum absolute atomic E-state index is 12.2. The fourth-order valence-corrected chi connectivity index (χ4v) is 11.1. The van der Waals surface area contributed by atoms with Crippen molar-refractivity contribution in [1.82, 2.24) is 19.9 Å². The summed E-state index contributed by atoms with van der Waals surface area (Å²) in [6.07, 6.45) is 7.73. The molecule has 5 heterocycles.